The number of hydrogen-bond donors (Lipinski definition) is 1. The van der Waals surface area contributed by atoms with Crippen LogP contribution in [0.2, 0.25) is 0 Å². The third-order valence-corrected chi connectivity index (χ3v) is 6.19. The summed E-state index contributed by atoms with van der Waals surface area (Å²) in [5, 5.41) is 3.55. The number of rotatable bonds is 11. The molecule has 0 saturated carbocycles. The molecule has 1 atom stereocenters. The van der Waals surface area contributed by atoms with Crippen LogP contribution in [0.15, 0.2) is 36.8 Å². The Morgan fingerprint density at radius 3 is 2.46 bits per heavy atom. The van der Waals surface area contributed by atoms with Crippen molar-refractivity contribution in [3.63, 3.8) is 0 Å². The number of nitrogens with zero attached hydrogens (tertiary/aromatic N) is 3. The monoisotopic (exact) mass is 508 g/mol. The van der Waals surface area contributed by atoms with E-state index in [-0.39, 0.29) is 0 Å². The number of thiazole rings is 1. The molecule has 1 aromatic carbocycles. The van der Waals surface area contributed by atoms with Crippen LogP contribution in [-0.2, 0) is 17.3 Å². The minimum Gasteiger partial charge on any atom is -0.493 e. The fourth-order valence-electron chi connectivity index (χ4n) is 3.11. The van der Waals surface area contributed by atoms with Gasteiger partial charge in [-0.3, -0.25) is 4.79 Å². The minimum absolute atomic E-state index is 0.343. The van der Waals surface area contributed by atoms with Crippen molar-refractivity contribution < 1.29 is 27.4 Å². The zero-order chi connectivity index (χ0) is 25.4. The van der Waals surface area contributed by atoms with E-state index in [1.807, 2.05) is 26.1 Å². The van der Waals surface area contributed by atoms with Crippen molar-refractivity contribution >= 4 is 17.2 Å². The first-order valence-electron chi connectivity index (χ1n) is 11.2. The molecule has 0 radical (unpaired) electrons. The molecule has 188 valence electrons. The van der Waals surface area contributed by atoms with Gasteiger partial charge in [-0.05, 0) is 38.5 Å². The average Bonchev–Trinajstić information content (AvgIpc) is 3.33. The maximum Gasteiger partial charge on any atom is 0.451 e. The van der Waals surface area contributed by atoms with Gasteiger partial charge in [0.1, 0.15) is 10.8 Å². The normalized spacial score (nSPS) is 12.4. The van der Waals surface area contributed by atoms with Crippen molar-refractivity contribution in [3.05, 3.63) is 58.6 Å². The van der Waals surface area contributed by atoms with E-state index < -0.39 is 23.9 Å². The minimum atomic E-state index is -4.63. The molecule has 0 aliphatic carbocycles. The molecule has 0 saturated heterocycles. The van der Waals surface area contributed by atoms with E-state index in [1.54, 1.807) is 19.1 Å². The standard InChI is InChI=1S/C24H27F3N4O3S/c1-4-20-14-28-22(35-20)17-9-16(10-19(11-17)34-8-6-7-33-5-2)21(32)31-15(3)18-12-29-23(30-13-18)24(25,26)27/h9-15H,4-8H2,1-3H3,(H,31,32)/t15-/m1/s1. The van der Waals surface area contributed by atoms with Gasteiger partial charge in [-0.2, -0.15) is 13.2 Å². The Kier molecular flexibility index (Phi) is 9.16. The highest BCUT2D eigenvalue weighted by atomic mass is 32.1. The maximum absolute atomic E-state index is 13.0. The van der Waals surface area contributed by atoms with E-state index in [0.717, 1.165) is 34.3 Å². The Morgan fingerprint density at radius 2 is 1.83 bits per heavy atom. The van der Waals surface area contributed by atoms with E-state index >= 15 is 0 Å². The van der Waals surface area contributed by atoms with E-state index in [9.17, 15) is 18.0 Å². The van der Waals surface area contributed by atoms with Gasteiger partial charge in [-0.25, -0.2) is 15.0 Å². The summed E-state index contributed by atoms with van der Waals surface area (Å²) in [6, 6.07) is 4.57. The Hall–Kier alpha value is -3.05. The summed E-state index contributed by atoms with van der Waals surface area (Å²) in [4.78, 5) is 25.3. The van der Waals surface area contributed by atoms with Crippen LogP contribution in [0, 0.1) is 0 Å². The van der Waals surface area contributed by atoms with Gasteiger partial charge in [-0.1, -0.05) is 6.92 Å². The van der Waals surface area contributed by atoms with E-state index in [0.29, 0.717) is 43.1 Å². The van der Waals surface area contributed by atoms with E-state index in [1.165, 1.54) is 11.3 Å². The van der Waals surface area contributed by atoms with Crippen LogP contribution >= 0.6 is 11.3 Å². The van der Waals surface area contributed by atoms with Crippen molar-refractivity contribution in [1.82, 2.24) is 20.3 Å². The average molecular weight is 509 g/mol. The molecule has 0 fully saturated rings. The van der Waals surface area contributed by atoms with Crippen LogP contribution in [0.3, 0.4) is 0 Å². The van der Waals surface area contributed by atoms with Gasteiger partial charge < -0.3 is 14.8 Å². The lowest BCUT2D eigenvalue weighted by atomic mass is 10.1. The Balaban J connectivity index is 1.79. The van der Waals surface area contributed by atoms with Crippen LogP contribution in [0.5, 0.6) is 5.75 Å². The highest BCUT2D eigenvalue weighted by molar-refractivity contribution is 7.15. The first-order valence-corrected chi connectivity index (χ1v) is 12.0. The topological polar surface area (TPSA) is 86.2 Å². The van der Waals surface area contributed by atoms with Crippen LogP contribution in [0.4, 0.5) is 13.2 Å². The van der Waals surface area contributed by atoms with Crippen molar-refractivity contribution in [2.24, 2.45) is 0 Å². The first-order chi connectivity index (χ1) is 16.7. The number of aryl methyl sites for hydroxylation is 1. The summed E-state index contributed by atoms with van der Waals surface area (Å²) in [6.07, 6.45) is 0.852. The highest BCUT2D eigenvalue weighted by Gasteiger charge is 2.34. The molecule has 11 heteroatoms. The molecule has 3 rings (SSSR count). The number of halogens is 3. The summed E-state index contributed by atoms with van der Waals surface area (Å²) in [7, 11) is 0. The van der Waals surface area contributed by atoms with Crippen LogP contribution < -0.4 is 10.1 Å². The number of hydrogen-bond acceptors (Lipinski definition) is 7. The highest BCUT2D eigenvalue weighted by Crippen LogP contribution is 2.30. The van der Waals surface area contributed by atoms with Gasteiger partial charge in [0.15, 0.2) is 0 Å². The summed E-state index contributed by atoms with van der Waals surface area (Å²) in [5.41, 5.74) is 1.44. The smallest absolute Gasteiger partial charge is 0.451 e. The Morgan fingerprint density at radius 1 is 1.09 bits per heavy atom. The second kappa shape index (κ2) is 12.1. The van der Waals surface area contributed by atoms with Crippen LogP contribution in [0.25, 0.3) is 10.6 Å². The molecule has 0 unspecified atom stereocenters. The summed E-state index contributed by atoms with van der Waals surface area (Å²) in [5.74, 6) is -1.12. The molecule has 1 N–H and O–H groups in total. The molecule has 0 aliphatic rings. The van der Waals surface area contributed by atoms with Gasteiger partial charge in [0.05, 0.1) is 12.6 Å². The number of benzene rings is 1. The molecule has 2 heterocycles. The lowest BCUT2D eigenvalue weighted by Gasteiger charge is -2.16. The van der Waals surface area contributed by atoms with Gasteiger partial charge in [0.25, 0.3) is 5.91 Å². The predicted molar refractivity (Wildman–Crippen MR) is 126 cm³/mol. The molecular weight excluding hydrogens is 481 g/mol. The second-order valence-corrected chi connectivity index (χ2v) is 8.78. The molecule has 1 amide bonds. The zero-order valence-corrected chi connectivity index (χ0v) is 20.5. The zero-order valence-electron chi connectivity index (χ0n) is 19.7. The first kappa shape index (κ1) is 26.6. The predicted octanol–water partition coefficient (Wildman–Crippen LogP) is 5.48. The van der Waals surface area contributed by atoms with Crippen molar-refractivity contribution in [2.45, 2.75) is 45.8 Å². The van der Waals surface area contributed by atoms with E-state index in [4.69, 9.17) is 9.47 Å². The number of carbonyl (C=O) groups excluding carboxylic acids is 1. The van der Waals surface area contributed by atoms with E-state index in [2.05, 4.69) is 20.3 Å². The molecule has 0 aliphatic heterocycles. The van der Waals surface area contributed by atoms with Crippen molar-refractivity contribution in [2.75, 3.05) is 19.8 Å². The lowest BCUT2D eigenvalue weighted by molar-refractivity contribution is -0.145. The molecule has 7 nitrogen and oxygen atoms in total. The van der Waals surface area contributed by atoms with Gasteiger partial charge in [0.2, 0.25) is 5.82 Å². The van der Waals surface area contributed by atoms with Crippen molar-refractivity contribution in [3.8, 4) is 16.3 Å². The number of aromatic nitrogens is 3. The molecule has 0 spiro atoms. The number of nitrogens with one attached hydrogen (secondary N) is 1. The molecule has 35 heavy (non-hydrogen) atoms. The maximum atomic E-state index is 13.0. The van der Waals surface area contributed by atoms with Crippen LogP contribution in [0.1, 0.15) is 59.9 Å². The summed E-state index contributed by atoms with van der Waals surface area (Å²) >= 11 is 1.54. The Bertz CT molecular complexity index is 1120. The summed E-state index contributed by atoms with van der Waals surface area (Å²) < 4.78 is 49.4. The molecular formula is C24H27F3N4O3S. The van der Waals surface area contributed by atoms with Gasteiger partial charge in [0, 0.05) is 59.8 Å². The molecule has 2 aromatic heterocycles. The van der Waals surface area contributed by atoms with Crippen molar-refractivity contribution in [1.29, 1.82) is 0 Å². The number of carbonyl (C=O) groups is 1. The van der Waals surface area contributed by atoms with Gasteiger partial charge in [-0.15, -0.1) is 11.3 Å². The third-order valence-electron chi connectivity index (χ3n) is 5.00. The summed E-state index contributed by atoms with van der Waals surface area (Å²) in [6.45, 7) is 7.23. The number of ether oxygens (including phenoxy) is 2. The van der Waals surface area contributed by atoms with Gasteiger partial charge >= 0.3 is 6.18 Å². The fraction of sp³-hybridized carbons (Fsp3) is 0.417. The SMILES string of the molecule is CCOCCCOc1cc(C(=O)N[C@H](C)c2cnc(C(F)(F)F)nc2)cc(-c2ncc(CC)s2)c1. The lowest BCUT2D eigenvalue weighted by Crippen LogP contribution is -2.27. The van der Waals surface area contributed by atoms with Crippen LogP contribution in [-0.4, -0.2) is 40.7 Å². The molecule has 0 bridgehead atoms. The Labute approximate surface area is 205 Å². The number of alkyl halides is 3. The quantitative estimate of drug-likeness (QED) is 0.345. The molecule has 3 aromatic rings. The largest absolute Gasteiger partial charge is 0.493 e. The fourth-order valence-corrected chi connectivity index (χ4v) is 3.95. The third kappa shape index (κ3) is 7.46. The second-order valence-electron chi connectivity index (χ2n) is 7.66. The number of amides is 1.